The van der Waals surface area contributed by atoms with Crippen molar-refractivity contribution in [1.82, 2.24) is 9.97 Å². The number of hydrogen-bond donors (Lipinski definition) is 0. The molecule has 3 heterocycles. The summed E-state index contributed by atoms with van der Waals surface area (Å²) in [6, 6.07) is 2.16. The molecule has 0 aromatic carbocycles. The summed E-state index contributed by atoms with van der Waals surface area (Å²) < 4.78 is 0. The first-order valence-corrected chi connectivity index (χ1v) is 7.23. The Balaban J connectivity index is 1.73. The van der Waals surface area contributed by atoms with E-state index < -0.39 is 0 Å². The van der Waals surface area contributed by atoms with Gasteiger partial charge in [0.25, 0.3) is 0 Å². The van der Waals surface area contributed by atoms with Crippen LogP contribution in [0.25, 0.3) is 10.2 Å². The summed E-state index contributed by atoms with van der Waals surface area (Å²) in [5.74, 6) is 2.99. The lowest BCUT2D eigenvalue weighted by atomic mass is 10.0. The minimum atomic E-state index is 0.915. The molecule has 4 heteroatoms. The van der Waals surface area contributed by atoms with Crippen molar-refractivity contribution in [1.29, 1.82) is 0 Å². The fourth-order valence-electron chi connectivity index (χ4n) is 3.44. The van der Waals surface area contributed by atoms with Crippen molar-refractivity contribution in [3.63, 3.8) is 0 Å². The average Bonchev–Trinajstić information content (AvgIpc) is 3.02. The first-order chi connectivity index (χ1) is 8.42. The molecule has 0 N–H and O–H groups in total. The number of nitrogens with zero attached hydrogens (tertiary/aromatic N) is 3. The van der Waals surface area contributed by atoms with Crippen LogP contribution in [-0.4, -0.2) is 23.1 Å². The van der Waals surface area contributed by atoms with Gasteiger partial charge in [0, 0.05) is 13.1 Å². The van der Waals surface area contributed by atoms with Gasteiger partial charge in [0.05, 0.1) is 5.39 Å². The topological polar surface area (TPSA) is 29.0 Å². The van der Waals surface area contributed by atoms with Crippen LogP contribution in [0, 0.1) is 11.8 Å². The molecular weight excluding hydrogens is 230 g/mol. The number of hydrogen-bond acceptors (Lipinski definition) is 4. The van der Waals surface area contributed by atoms with Crippen LogP contribution < -0.4 is 4.90 Å². The maximum atomic E-state index is 4.51. The second kappa shape index (κ2) is 3.67. The Kier molecular flexibility index (Phi) is 2.12. The van der Waals surface area contributed by atoms with Crippen molar-refractivity contribution >= 4 is 27.4 Å². The average molecular weight is 245 g/mol. The summed E-state index contributed by atoms with van der Waals surface area (Å²) in [5, 5.41) is 3.34. The van der Waals surface area contributed by atoms with Gasteiger partial charge < -0.3 is 4.90 Å². The van der Waals surface area contributed by atoms with Gasteiger partial charge in [-0.2, -0.15) is 0 Å². The van der Waals surface area contributed by atoms with Crippen molar-refractivity contribution in [2.45, 2.75) is 19.3 Å². The van der Waals surface area contributed by atoms with Gasteiger partial charge in [-0.05, 0) is 36.1 Å². The molecule has 1 aliphatic heterocycles. The summed E-state index contributed by atoms with van der Waals surface area (Å²) in [6.45, 7) is 2.40. The number of thiophene rings is 1. The zero-order valence-electron chi connectivity index (χ0n) is 9.67. The maximum absolute atomic E-state index is 4.51. The van der Waals surface area contributed by atoms with Crippen LogP contribution in [0.1, 0.15) is 19.3 Å². The molecule has 17 heavy (non-hydrogen) atoms. The minimum Gasteiger partial charge on any atom is -0.355 e. The second-order valence-corrected chi connectivity index (χ2v) is 6.09. The molecule has 1 saturated carbocycles. The molecule has 2 fully saturated rings. The van der Waals surface area contributed by atoms with Crippen LogP contribution >= 0.6 is 11.3 Å². The number of rotatable bonds is 1. The van der Waals surface area contributed by atoms with Gasteiger partial charge in [-0.15, -0.1) is 11.3 Å². The smallest absolute Gasteiger partial charge is 0.140 e. The zero-order valence-corrected chi connectivity index (χ0v) is 10.5. The van der Waals surface area contributed by atoms with Gasteiger partial charge >= 0.3 is 0 Å². The third-order valence-corrected chi connectivity index (χ3v) is 5.09. The van der Waals surface area contributed by atoms with Gasteiger partial charge in [-0.1, -0.05) is 6.42 Å². The predicted octanol–water partition coefficient (Wildman–Crippen LogP) is 2.93. The molecule has 0 radical (unpaired) electrons. The van der Waals surface area contributed by atoms with Crippen molar-refractivity contribution in [3.8, 4) is 0 Å². The number of anilines is 1. The Morgan fingerprint density at radius 3 is 2.82 bits per heavy atom. The molecule has 4 rings (SSSR count). The predicted molar refractivity (Wildman–Crippen MR) is 70.5 cm³/mol. The standard InChI is InChI=1S/C13H15N3S/c1-2-9-6-16(7-10(9)3-1)12-11-4-5-17-13(11)15-8-14-12/h4-5,8-10H,1-3,6-7H2. The normalized spacial score (nSPS) is 27.9. The van der Waals surface area contributed by atoms with E-state index in [-0.39, 0.29) is 0 Å². The lowest BCUT2D eigenvalue weighted by Crippen LogP contribution is -2.22. The Morgan fingerprint density at radius 2 is 2.00 bits per heavy atom. The molecule has 2 aromatic rings. The molecule has 2 atom stereocenters. The highest BCUT2D eigenvalue weighted by molar-refractivity contribution is 7.16. The van der Waals surface area contributed by atoms with Crippen molar-refractivity contribution in [2.24, 2.45) is 11.8 Å². The number of aromatic nitrogens is 2. The van der Waals surface area contributed by atoms with Crippen molar-refractivity contribution in [3.05, 3.63) is 17.8 Å². The largest absolute Gasteiger partial charge is 0.355 e. The lowest BCUT2D eigenvalue weighted by Gasteiger charge is -2.18. The Bertz CT molecular complexity index is 538. The molecule has 0 spiro atoms. The Morgan fingerprint density at radius 1 is 1.18 bits per heavy atom. The van der Waals surface area contributed by atoms with Gasteiger partial charge in [0.2, 0.25) is 0 Å². The van der Waals surface area contributed by atoms with E-state index in [1.807, 2.05) is 0 Å². The summed E-state index contributed by atoms with van der Waals surface area (Å²) in [7, 11) is 0. The highest BCUT2D eigenvalue weighted by Crippen LogP contribution is 2.40. The van der Waals surface area contributed by atoms with Gasteiger partial charge in [-0.3, -0.25) is 0 Å². The molecule has 2 unspecified atom stereocenters. The van der Waals surface area contributed by atoms with Crippen LogP contribution in [0.2, 0.25) is 0 Å². The quantitative estimate of drug-likeness (QED) is 0.773. The van der Waals surface area contributed by atoms with E-state index in [0.717, 1.165) is 22.5 Å². The molecule has 2 aliphatic rings. The zero-order chi connectivity index (χ0) is 11.2. The fraction of sp³-hybridized carbons (Fsp3) is 0.538. The van der Waals surface area contributed by atoms with E-state index in [1.54, 1.807) is 17.7 Å². The molecule has 1 aliphatic carbocycles. The van der Waals surface area contributed by atoms with E-state index in [4.69, 9.17) is 0 Å². The third kappa shape index (κ3) is 1.47. The molecule has 0 amide bonds. The summed E-state index contributed by atoms with van der Waals surface area (Å²) in [5.41, 5.74) is 0. The Hall–Kier alpha value is -1.16. The molecule has 3 nitrogen and oxygen atoms in total. The highest BCUT2D eigenvalue weighted by atomic mass is 32.1. The van der Waals surface area contributed by atoms with E-state index in [0.29, 0.717) is 0 Å². The van der Waals surface area contributed by atoms with Crippen LogP contribution in [0.3, 0.4) is 0 Å². The Labute approximate surface area is 104 Å². The van der Waals surface area contributed by atoms with E-state index in [9.17, 15) is 0 Å². The van der Waals surface area contributed by atoms with Gasteiger partial charge in [0.15, 0.2) is 0 Å². The summed E-state index contributed by atoms with van der Waals surface area (Å²) in [6.07, 6.45) is 5.97. The van der Waals surface area contributed by atoms with Crippen LogP contribution in [-0.2, 0) is 0 Å². The maximum Gasteiger partial charge on any atom is 0.140 e. The highest BCUT2D eigenvalue weighted by Gasteiger charge is 2.36. The van der Waals surface area contributed by atoms with Crippen molar-refractivity contribution in [2.75, 3.05) is 18.0 Å². The first-order valence-electron chi connectivity index (χ1n) is 6.35. The van der Waals surface area contributed by atoms with Gasteiger partial charge in [-0.25, -0.2) is 9.97 Å². The number of fused-ring (bicyclic) bond motifs is 2. The van der Waals surface area contributed by atoms with E-state index in [2.05, 4.69) is 26.3 Å². The van der Waals surface area contributed by atoms with Crippen LogP contribution in [0.5, 0.6) is 0 Å². The SMILES string of the molecule is c1nc(N2CC3CCCC3C2)c2ccsc2n1. The molecular formula is C13H15N3S. The van der Waals surface area contributed by atoms with Crippen molar-refractivity contribution < 1.29 is 0 Å². The summed E-state index contributed by atoms with van der Waals surface area (Å²) in [4.78, 5) is 12.4. The second-order valence-electron chi connectivity index (χ2n) is 5.19. The summed E-state index contributed by atoms with van der Waals surface area (Å²) >= 11 is 1.70. The van der Waals surface area contributed by atoms with Gasteiger partial charge in [0.1, 0.15) is 17.0 Å². The van der Waals surface area contributed by atoms with Crippen LogP contribution in [0.4, 0.5) is 5.82 Å². The molecule has 88 valence electrons. The monoisotopic (exact) mass is 245 g/mol. The van der Waals surface area contributed by atoms with E-state index in [1.165, 1.54) is 37.7 Å². The lowest BCUT2D eigenvalue weighted by molar-refractivity contribution is 0.494. The molecule has 2 aromatic heterocycles. The minimum absolute atomic E-state index is 0.915. The van der Waals surface area contributed by atoms with E-state index >= 15 is 0 Å². The fourth-order valence-corrected chi connectivity index (χ4v) is 4.16. The van der Waals surface area contributed by atoms with Crippen LogP contribution in [0.15, 0.2) is 17.8 Å². The molecule has 1 saturated heterocycles. The first kappa shape index (κ1) is 9.83. The third-order valence-electron chi connectivity index (χ3n) is 4.27. The molecule has 0 bridgehead atoms.